The van der Waals surface area contributed by atoms with Crippen molar-refractivity contribution in [2.24, 2.45) is 0 Å². The van der Waals surface area contributed by atoms with Crippen LogP contribution in [-0.2, 0) is 17.8 Å². The molecule has 1 heterocycles. The van der Waals surface area contributed by atoms with Gasteiger partial charge in [-0.15, -0.1) is 11.3 Å². The molecule has 3 rings (SSSR count). The van der Waals surface area contributed by atoms with Gasteiger partial charge >= 0.3 is 0 Å². The van der Waals surface area contributed by atoms with E-state index in [1.807, 2.05) is 61.7 Å². The van der Waals surface area contributed by atoms with Crippen molar-refractivity contribution in [2.75, 3.05) is 5.32 Å². The fourth-order valence-corrected chi connectivity index (χ4v) is 3.09. The summed E-state index contributed by atoms with van der Waals surface area (Å²) in [4.78, 5) is 16.6. The van der Waals surface area contributed by atoms with Crippen LogP contribution in [0, 0.1) is 13.8 Å². The number of amides is 1. The number of carbonyl (C=O) groups is 1. The lowest BCUT2D eigenvalue weighted by Crippen LogP contribution is -2.14. The maximum Gasteiger partial charge on any atom is 0.230 e. The van der Waals surface area contributed by atoms with Crippen LogP contribution in [0.3, 0.4) is 0 Å². The van der Waals surface area contributed by atoms with E-state index < -0.39 is 0 Å². The second-order valence-corrected chi connectivity index (χ2v) is 6.82. The van der Waals surface area contributed by atoms with Crippen LogP contribution in [0.2, 0.25) is 0 Å². The molecule has 1 N–H and O–H groups in total. The molecule has 0 aliphatic carbocycles. The van der Waals surface area contributed by atoms with E-state index in [1.54, 1.807) is 0 Å². The Morgan fingerprint density at radius 1 is 1.16 bits per heavy atom. The zero-order chi connectivity index (χ0) is 17.6. The highest BCUT2D eigenvalue weighted by Crippen LogP contribution is 2.21. The predicted octanol–water partition coefficient (Wildman–Crippen LogP) is 4.52. The van der Waals surface area contributed by atoms with Crippen molar-refractivity contribution in [1.29, 1.82) is 0 Å². The number of aromatic nitrogens is 1. The summed E-state index contributed by atoms with van der Waals surface area (Å²) in [6.07, 6.45) is 0.259. The van der Waals surface area contributed by atoms with Crippen molar-refractivity contribution in [3.8, 4) is 5.75 Å². The number of nitrogens with one attached hydrogen (secondary N) is 1. The van der Waals surface area contributed by atoms with Gasteiger partial charge in [0.1, 0.15) is 17.4 Å². The lowest BCUT2D eigenvalue weighted by Gasteiger charge is -2.08. The zero-order valence-corrected chi connectivity index (χ0v) is 15.1. The molecule has 0 bridgehead atoms. The van der Waals surface area contributed by atoms with E-state index in [1.165, 1.54) is 11.3 Å². The first kappa shape index (κ1) is 17.2. The molecular formula is C20H20N2O2S. The monoisotopic (exact) mass is 352 g/mol. The molecule has 0 spiro atoms. The summed E-state index contributed by atoms with van der Waals surface area (Å²) >= 11 is 1.51. The summed E-state index contributed by atoms with van der Waals surface area (Å²) in [5, 5.41) is 5.64. The molecule has 0 saturated carbocycles. The zero-order valence-electron chi connectivity index (χ0n) is 14.3. The highest BCUT2D eigenvalue weighted by molar-refractivity contribution is 7.09. The van der Waals surface area contributed by atoms with E-state index in [9.17, 15) is 4.79 Å². The van der Waals surface area contributed by atoms with Crippen molar-refractivity contribution < 1.29 is 9.53 Å². The Hall–Kier alpha value is -2.66. The number of anilines is 1. The highest BCUT2D eigenvalue weighted by atomic mass is 32.1. The molecule has 5 heteroatoms. The van der Waals surface area contributed by atoms with Gasteiger partial charge in [0, 0.05) is 11.1 Å². The Morgan fingerprint density at radius 2 is 1.96 bits per heavy atom. The van der Waals surface area contributed by atoms with Gasteiger partial charge < -0.3 is 10.1 Å². The number of hydrogen-bond donors (Lipinski definition) is 1. The Balaban J connectivity index is 1.55. The van der Waals surface area contributed by atoms with Crippen LogP contribution >= 0.6 is 11.3 Å². The van der Waals surface area contributed by atoms with Crippen LogP contribution in [0.25, 0.3) is 0 Å². The molecule has 0 fully saturated rings. The molecule has 128 valence electrons. The Morgan fingerprint density at radius 3 is 2.76 bits per heavy atom. The molecule has 1 aromatic heterocycles. The molecule has 3 aromatic rings. The van der Waals surface area contributed by atoms with E-state index in [4.69, 9.17) is 4.74 Å². The molecule has 4 nitrogen and oxygen atoms in total. The first-order valence-electron chi connectivity index (χ1n) is 8.08. The van der Waals surface area contributed by atoms with Crippen LogP contribution < -0.4 is 10.1 Å². The van der Waals surface area contributed by atoms with Crippen molar-refractivity contribution in [3.63, 3.8) is 0 Å². The minimum atomic E-state index is -0.0708. The van der Waals surface area contributed by atoms with Crippen molar-refractivity contribution in [1.82, 2.24) is 4.98 Å². The molecule has 1 amide bonds. The van der Waals surface area contributed by atoms with E-state index in [0.29, 0.717) is 6.61 Å². The maximum absolute atomic E-state index is 12.1. The number of nitrogens with zero attached hydrogens (tertiary/aromatic N) is 1. The summed E-state index contributed by atoms with van der Waals surface area (Å²) in [6, 6.07) is 15.6. The molecule has 25 heavy (non-hydrogen) atoms. The molecule has 2 aromatic carbocycles. The molecule has 0 atom stereocenters. The molecule has 0 aliphatic heterocycles. The standard InChI is InChI=1S/C20H20N2O2S/c1-14-8-9-15(2)18(10-14)24-12-20-22-17(13-25-20)11-19(23)21-16-6-4-3-5-7-16/h3-10,13H,11-12H2,1-2H3,(H,21,23). The van der Waals surface area contributed by atoms with Gasteiger partial charge in [0.2, 0.25) is 5.91 Å². The summed E-state index contributed by atoms with van der Waals surface area (Å²) in [6.45, 7) is 4.48. The number of rotatable bonds is 6. The van der Waals surface area contributed by atoms with Crippen LogP contribution in [0.5, 0.6) is 5.75 Å². The third-order valence-electron chi connectivity index (χ3n) is 3.69. The number of aryl methyl sites for hydroxylation is 2. The van der Waals surface area contributed by atoms with Crippen molar-refractivity contribution in [2.45, 2.75) is 26.9 Å². The Labute approximate surface area is 151 Å². The third-order valence-corrected chi connectivity index (χ3v) is 4.56. The van der Waals surface area contributed by atoms with E-state index in [-0.39, 0.29) is 12.3 Å². The smallest absolute Gasteiger partial charge is 0.230 e. The SMILES string of the molecule is Cc1ccc(C)c(OCc2nc(CC(=O)Nc3ccccc3)cs2)c1. The summed E-state index contributed by atoms with van der Waals surface area (Å²) in [7, 11) is 0. The fraction of sp³-hybridized carbons (Fsp3) is 0.200. The fourth-order valence-electron chi connectivity index (χ4n) is 2.39. The normalized spacial score (nSPS) is 10.5. The lowest BCUT2D eigenvalue weighted by molar-refractivity contribution is -0.115. The topological polar surface area (TPSA) is 51.2 Å². The number of hydrogen-bond acceptors (Lipinski definition) is 4. The number of carbonyl (C=O) groups excluding carboxylic acids is 1. The quantitative estimate of drug-likeness (QED) is 0.709. The van der Waals surface area contributed by atoms with Crippen LogP contribution in [0.15, 0.2) is 53.9 Å². The number of thiazole rings is 1. The summed E-state index contributed by atoms with van der Waals surface area (Å²) in [5.41, 5.74) is 3.82. The predicted molar refractivity (Wildman–Crippen MR) is 101 cm³/mol. The maximum atomic E-state index is 12.1. The first-order chi connectivity index (χ1) is 12.1. The third kappa shape index (κ3) is 4.90. The van der Waals surface area contributed by atoms with Crippen LogP contribution in [0.1, 0.15) is 21.8 Å². The minimum Gasteiger partial charge on any atom is -0.486 e. The largest absolute Gasteiger partial charge is 0.486 e. The van der Waals surface area contributed by atoms with Gasteiger partial charge in [-0.25, -0.2) is 4.98 Å². The summed E-state index contributed by atoms with van der Waals surface area (Å²) in [5.74, 6) is 0.803. The van der Waals surface area contributed by atoms with Crippen LogP contribution in [-0.4, -0.2) is 10.9 Å². The molecule has 0 saturated heterocycles. The Bertz CT molecular complexity index is 859. The number of para-hydroxylation sites is 1. The minimum absolute atomic E-state index is 0.0708. The van der Waals surface area contributed by atoms with E-state index >= 15 is 0 Å². The average Bonchev–Trinajstić information content (AvgIpc) is 3.04. The Kier molecular flexibility index (Phi) is 5.46. The summed E-state index contributed by atoms with van der Waals surface area (Å²) < 4.78 is 5.86. The molecule has 0 unspecified atom stereocenters. The van der Waals surface area contributed by atoms with Crippen molar-refractivity contribution >= 4 is 22.9 Å². The van der Waals surface area contributed by atoms with Gasteiger partial charge in [-0.3, -0.25) is 4.79 Å². The lowest BCUT2D eigenvalue weighted by atomic mass is 10.1. The van der Waals surface area contributed by atoms with Gasteiger partial charge in [-0.1, -0.05) is 30.3 Å². The second-order valence-electron chi connectivity index (χ2n) is 5.88. The highest BCUT2D eigenvalue weighted by Gasteiger charge is 2.09. The van der Waals surface area contributed by atoms with Gasteiger partial charge in [-0.2, -0.15) is 0 Å². The van der Waals surface area contributed by atoms with Gasteiger partial charge in [0.25, 0.3) is 0 Å². The van der Waals surface area contributed by atoms with Crippen molar-refractivity contribution in [3.05, 3.63) is 75.7 Å². The van der Waals surface area contributed by atoms with Gasteiger partial charge in [-0.05, 0) is 43.2 Å². The van der Waals surface area contributed by atoms with Gasteiger partial charge in [0.05, 0.1) is 12.1 Å². The molecular weight excluding hydrogens is 332 g/mol. The van der Waals surface area contributed by atoms with Crippen LogP contribution in [0.4, 0.5) is 5.69 Å². The molecule has 0 aliphatic rings. The average molecular weight is 352 g/mol. The first-order valence-corrected chi connectivity index (χ1v) is 8.96. The molecule has 0 radical (unpaired) electrons. The second kappa shape index (κ2) is 7.94. The van der Waals surface area contributed by atoms with E-state index in [2.05, 4.69) is 16.4 Å². The number of benzene rings is 2. The van der Waals surface area contributed by atoms with Gasteiger partial charge in [0.15, 0.2) is 0 Å². The number of ether oxygens (including phenoxy) is 1. The van der Waals surface area contributed by atoms with E-state index in [0.717, 1.165) is 33.3 Å².